The van der Waals surface area contributed by atoms with Gasteiger partial charge in [-0.15, -0.1) is 12.6 Å². The SMILES string of the molecule is NCCSSCCNC(=S)S. The molecule has 0 aliphatic heterocycles. The van der Waals surface area contributed by atoms with E-state index >= 15 is 0 Å². The lowest BCUT2D eigenvalue weighted by Gasteiger charge is -2.01. The number of hydrogen-bond acceptors (Lipinski definition) is 4. The molecule has 0 aliphatic rings. The van der Waals surface area contributed by atoms with Crippen LogP contribution in [0.2, 0.25) is 0 Å². The van der Waals surface area contributed by atoms with Crippen LogP contribution < -0.4 is 11.1 Å². The predicted octanol–water partition coefficient (Wildman–Crippen LogP) is 1.13. The molecule has 0 radical (unpaired) electrons. The molecule has 66 valence electrons. The van der Waals surface area contributed by atoms with E-state index in [-0.39, 0.29) is 0 Å². The van der Waals surface area contributed by atoms with Gasteiger partial charge in [-0.3, -0.25) is 0 Å². The highest BCUT2D eigenvalue weighted by Crippen LogP contribution is 2.18. The molecular weight excluding hydrogens is 216 g/mol. The van der Waals surface area contributed by atoms with E-state index in [4.69, 9.17) is 18.0 Å². The molecular formula is C5H12N2S4. The normalized spacial score (nSPS) is 9.64. The lowest BCUT2D eigenvalue weighted by Crippen LogP contribution is -2.18. The zero-order valence-corrected chi connectivity index (χ0v) is 9.42. The van der Waals surface area contributed by atoms with Crippen molar-refractivity contribution < 1.29 is 0 Å². The van der Waals surface area contributed by atoms with Gasteiger partial charge in [-0.25, -0.2) is 0 Å². The van der Waals surface area contributed by atoms with E-state index in [0.717, 1.165) is 24.6 Å². The summed E-state index contributed by atoms with van der Waals surface area (Å²) in [6.07, 6.45) is 0. The second-order valence-corrected chi connectivity index (χ2v) is 5.52. The van der Waals surface area contributed by atoms with Gasteiger partial charge < -0.3 is 11.1 Å². The highest BCUT2D eigenvalue weighted by Gasteiger charge is 1.89. The Labute approximate surface area is 86.2 Å². The molecule has 0 spiro atoms. The maximum absolute atomic E-state index is 5.31. The van der Waals surface area contributed by atoms with Gasteiger partial charge in [0.15, 0.2) is 0 Å². The van der Waals surface area contributed by atoms with Crippen LogP contribution in [-0.4, -0.2) is 28.9 Å². The van der Waals surface area contributed by atoms with Gasteiger partial charge in [0.05, 0.1) is 0 Å². The van der Waals surface area contributed by atoms with Gasteiger partial charge in [0.1, 0.15) is 4.32 Å². The Morgan fingerprint density at radius 2 is 2.09 bits per heavy atom. The fraction of sp³-hybridized carbons (Fsp3) is 0.800. The lowest BCUT2D eigenvalue weighted by molar-refractivity contribution is 1.01. The largest absolute Gasteiger partial charge is 0.370 e. The summed E-state index contributed by atoms with van der Waals surface area (Å²) in [5.41, 5.74) is 5.31. The number of thiol groups is 1. The highest BCUT2D eigenvalue weighted by atomic mass is 33.1. The van der Waals surface area contributed by atoms with Crippen molar-refractivity contribution in [3.05, 3.63) is 0 Å². The Morgan fingerprint density at radius 3 is 2.64 bits per heavy atom. The van der Waals surface area contributed by atoms with E-state index in [0.29, 0.717) is 4.32 Å². The summed E-state index contributed by atoms with van der Waals surface area (Å²) in [7, 11) is 3.59. The summed E-state index contributed by atoms with van der Waals surface area (Å²) < 4.78 is 0.564. The van der Waals surface area contributed by atoms with Crippen LogP contribution >= 0.6 is 46.4 Å². The monoisotopic (exact) mass is 228 g/mol. The van der Waals surface area contributed by atoms with E-state index < -0.39 is 0 Å². The summed E-state index contributed by atoms with van der Waals surface area (Å²) in [6, 6.07) is 0. The fourth-order valence-corrected chi connectivity index (χ4v) is 2.34. The summed E-state index contributed by atoms with van der Waals surface area (Å²) in [5.74, 6) is 2.04. The van der Waals surface area contributed by atoms with Crippen molar-refractivity contribution in [3.63, 3.8) is 0 Å². The molecule has 0 rings (SSSR count). The van der Waals surface area contributed by atoms with Crippen LogP contribution in [0.15, 0.2) is 0 Å². The van der Waals surface area contributed by atoms with Gasteiger partial charge in [0, 0.05) is 24.6 Å². The maximum atomic E-state index is 5.31. The van der Waals surface area contributed by atoms with E-state index in [1.165, 1.54) is 0 Å². The van der Waals surface area contributed by atoms with Crippen molar-refractivity contribution in [2.45, 2.75) is 0 Å². The molecule has 3 N–H and O–H groups in total. The van der Waals surface area contributed by atoms with Crippen LogP contribution in [0.3, 0.4) is 0 Å². The van der Waals surface area contributed by atoms with Crippen molar-refractivity contribution in [1.29, 1.82) is 0 Å². The third-order valence-corrected chi connectivity index (χ3v) is 3.49. The zero-order chi connectivity index (χ0) is 8.53. The second kappa shape index (κ2) is 8.99. The molecule has 2 nitrogen and oxygen atoms in total. The van der Waals surface area contributed by atoms with Gasteiger partial charge in [-0.1, -0.05) is 33.8 Å². The number of hydrogen-bond donors (Lipinski definition) is 3. The summed E-state index contributed by atoms with van der Waals surface area (Å²) >= 11 is 8.64. The third-order valence-electron chi connectivity index (χ3n) is 0.746. The number of nitrogens with one attached hydrogen (secondary N) is 1. The molecule has 0 bridgehead atoms. The maximum Gasteiger partial charge on any atom is 0.130 e. The smallest absolute Gasteiger partial charge is 0.130 e. The summed E-state index contributed by atoms with van der Waals surface area (Å²) in [4.78, 5) is 0. The molecule has 0 saturated heterocycles. The van der Waals surface area contributed by atoms with Crippen molar-refractivity contribution in [3.8, 4) is 0 Å². The topological polar surface area (TPSA) is 38.0 Å². The van der Waals surface area contributed by atoms with Crippen molar-refractivity contribution >= 4 is 50.8 Å². The van der Waals surface area contributed by atoms with E-state index in [1.54, 1.807) is 21.6 Å². The van der Waals surface area contributed by atoms with Crippen molar-refractivity contribution in [1.82, 2.24) is 5.32 Å². The first-order valence-electron chi connectivity index (χ1n) is 3.18. The van der Waals surface area contributed by atoms with Gasteiger partial charge in [0.25, 0.3) is 0 Å². The second-order valence-electron chi connectivity index (χ2n) is 1.66. The highest BCUT2D eigenvalue weighted by molar-refractivity contribution is 8.76. The van der Waals surface area contributed by atoms with E-state index in [2.05, 4.69) is 17.9 Å². The van der Waals surface area contributed by atoms with E-state index in [9.17, 15) is 0 Å². The van der Waals surface area contributed by atoms with Crippen molar-refractivity contribution in [2.24, 2.45) is 5.73 Å². The van der Waals surface area contributed by atoms with Gasteiger partial charge in [-0.2, -0.15) is 0 Å². The fourth-order valence-electron chi connectivity index (χ4n) is 0.366. The van der Waals surface area contributed by atoms with Crippen LogP contribution in [0.25, 0.3) is 0 Å². The molecule has 0 aromatic heterocycles. The predicted molar refractivity (Wildman–Crippen MR) is 63.6 cm³/mol. The molecule has 0 aromatic rings. The Balaban J connectivity index is 2.85. The zero-order valence-electron chi connectivity index (χ0n) is 6.08. The van der Waals surface area contributed by atoms with Crippen molar-refractivity contribution in [2.75, 3.05) is 24.6 Å². The average molecular weight is 228 g/mol. The average Bonchev–Trinajstić information content (AvgIpc) is 1.96. The number of thiocarbonyl (C=S) groups is 1. The first-order valence-corrected chi connectivity index (χ1v) is 6.53. The first kappa shape index (κ1) is 11.9. The number of rotatable bonds is 6. The molecule has 0 aromatic carbocycles. The Morgan fingerprint density at radius 1 is 1.45 bits per heavy atom. The van der Waals surface area contributed by atoms with Gasteiger partial charge >= 0.3 is 0 Å². The molecule has 11 heavy (non-hydrogen) atoms. The lowest BCUT2D eigenvalue weighted by atomic mass is 10.8. The van der Waals surface area contributed by atoms with Crippen LogP contribution in [0.5, 0.6) is 0 Å². The standard InChI is InChI=1S/C5H12N2S4/c6-1-3-10-11-4-2-7-5(8)9/h1-4,6H2,(H2,7,8,9). The molecule has 0 saturated carbocycles. The quantitative estimate of drug-likeness (QED) is 0.275. The van der Waals surface area contributed by atoms with Crippen LogP contribution in [-0.2, 0) is 0 Å². The molecule has 6 heteroatoms. The van der Waals surface area contributed by atoms with Crippen LogP contribution in [0.4, 0.5) is 0 Å². The third kappa shape index (κ3) is 10.9. The van der Waals surface area contributed by atoms with Crippen LogP contribution in [0.1, 0.15) is 0 Å². The molecule has 0 aliphatic carbocycles. The molecule has 0 atom stereocenters. The molecule has 0 amide bonds. The van der Waals surface area contributed by atoms with Gasteiger partial charge in [-0.05, 0) is 0 Å². The number of nitrogens with two attached hydrogens (primary N) is 1. The Kier molecular flexibility index (Phi) is 9.73. The summed E-state index contributed by atoms with van der Waals surface area (Å²) in [5, 5.41) is 2.95. The minimum absolute atomic E-state index is 0.564. The molecule has 0 heterocycles. The summed E-state index contributed by atoms with van der Waals surface area (Å²) in [6.45, 7) is 1.63. The first-order chi connectivity index (χ1) is 5.27. The Bertz CT molecular complexity index is 109. The molecule has 0 fully saturated rings. The molecule has 0 unspecified atom stereocenters. The minimum Gasteiger partial charge on any atom is -0.370 e. The minimum atomic E-state index is 0.564. The van der Waals surface area contributed by atoms with Crippen LogP contribution in [0, 0.1) is 0 Å². The van der Waals surface area contributed by atoms with E-state index in [1.807, 2.05) is 0 Å². The van der Waals surface area contributed by atoms with Gasteiger partial charge in [0.2, 0.25) is 0 Å². The Hall–Kier alpha value is 0.900.